The second-order valence-electron chi connectivity index (χ2n) is 4.64. The number of rotatable bonds is 3. The van der Waals surface area contributed by atoms with Gasteiger partial charge in [0.2, 0.25) is 0 Å². The van der Waals surface area contributed by atoms with Crippen molar-refractivity contribution in [3.05, 3.63) is 65.2 Å². The lowest BCUT2D eigenvalue weighted by Crippen LogP contribution is -2.15. The second-order valence-corrected chi connectivity index (χ2v) is 4.64. The van der Waals surface area contributed by atoms with Crippen molar-refractivity contribution in [2.75, 3.05) is 5.32 Å². The van der Waals surface area contributed by atoms with Crippen molar-refractivity contribution in [1.29, 1.82) is 5.26 Å². The fourth-order valence-corrected chi connectivity index (χ4v) is 2.14. The molecule has 0 saturated carbocycles. The zero-order chi connectivity index (χ0) is 15.5. The molecule has 2 aromatic carbocycles. The lowest BCUT2D eigenvalue weighted by atomic mass is 10.0. The van der Waals surface area contributed by atoms with Crippen LogP contribution in [-0.4, -0.2) is 0 Å². The predicted octanol–water partition coefficient (Wildman–Crippen LogP) is 4.75. The fraction of sp³-hybridized carbons (Fsp3) is 0.188. The van der Waals surface area contributed by atoms with Gasteiger partial charge in [-0.15, -0.1) is 0 Å². The van der Waals surface area contributed by atoms with Crippen LogP contribution in [0.1, 0.15) is 29.7 Å². The number of alkyl halides is 3. The molecule has 1 unspecified atom stereocenters. The van der Waals surface area contributed by atoms with Gasteiger partial charge in [0, 0.05) is 11.7 Å². The summed E-state index contributed by atoms with van der Waals surface area (Å²) < 4.78 is 39.0. The van der Waals surface area contributed by atoms with Crippen molar-refractivity contribution in [1.82, 2.24) is 0 Å². The lowest BCUT2D eigenvalue weighted by molar-refractivity contribution is -0.138. The van der Waals surface area contributed by atoms with Crippen LogP contribution in [0.3, 0.4) is 0 Å². The third kappa shape index (κ3) is 3.54. The maximum atomic E-state index is 13.0. The van der Waals surface area contributed by atoms with E-state index in [1.165, 1.54) is 12.1 Å². The summed E-state index contributed by atoms with van der Waals surface area (Å²) in [6, 6.07) is 13.6. The number of halogens is 3. The fourth-order valence-electron chi connectivity index (χ4n) is 2.14. The molecule has 0 aromatic heterocycles. The largest absolute Gasteiger partial charge is 0.416 e. The molecule has 2 rings (SSSR count). The molecular formula is C16H13F3N2. The molecule has 21 heavy (non-hydrogen) atoms. The van der Waals surface area contributed by atoms with Crippen LogP contribution in [0.15, 0.2) is 48.5 Å². The monoisotopic (exact) mass is 290 g/mol. The van der Waals surface area contributed by atoms with Gasteiger partial charge < -0.3 is 5.32 Å². The Morgan fingerprint density at radius 3 is 2.48 bits per heavy atom. The summed E-state index contributed by atoms with van der Waals surface area (Å²) in [4.78, 5) is 0. The minimum Gasteiger partial charge on any atom is -0.378 e. The van der Waals surface area contributed by atoms with Crippen molar-refractivity contribution >= 4 is 5.69 Å². The highest BCUT2D eigenvalue weighted by molar-refractivity contribution is 5.51. The van der Waals surface area contributed by atoms with E-state index in [0.29, 0.717) is 11.3 Å². The van der Waals surface area contributed by atoms with Gasteiger partial charge in [0.25, 0.3) is 0 Å². The Balaban J connectivity index is 2.29. The van der Waals surface area contributed by atoms with Crippen LogP contribution in [-0.2, 0) is 6.18 Å². The van der Waals surface area contributed by atoms with Crippen molar-refractivity contribution in [2.24, 2.45) is 0 Å². The maximum absolute atomic E-state index is 13.0. The maximum Gasteiger partial charge on any atom is 0.416 e. The van der Waals surface area contributed by atoms with E-state index in [1.807, 2.05) is 6.07 Å². The summed E-state index contributed by atoms with van der Waals surface area (Å²) in [6.07, 6.45) is -4.39. The van der Waals surface area contributed by atoms with E-state index in [1.54, 1.807) is 37.3 Å². The van der Waals surface area contributed by atoms with Gasteiger partial charge in [-0.2, -0.15) is 18.4 Å². The van der Waals surface area contributed by atoms with Gasteiger partial charge in [-0.3, -0.25) is 0 Å². The summed E-state index contributed by atoms with van der Waals surface area (Å²) >= 11 is 0. The zero-order valence-electron chi connectivity index (χ0n) is 11.3. The second kappa shape index (κ2) is 5.88. The van der Waals surface area contributed by atoms with E-state index in [-0.39, 0.29) is 5.56 Å². The average Bonchev–Trinajstić information content (AvgIpc) is 2.46. The number of hydrogen-bond donors (Lipinski definition) is 1. The van der Waals surface area contributed by atoms with Gasteiger partial charge in [-0.05, 0) is 36.8 Å². The van der Waals surface area contributed by atoms with Gasteiger partial charge in [0.1, 0.15) is 0 Å². The Kier molecular flexibility index (Phi) is 4.18. The number of nitriles is 1. The van der Waals surface area contributed by atoms with Crippen molar-refractivity contribution < 1.29 is 13.2 Å². The Morgan fingerprint density at radius 1 is 1.10 bits per heavy atom. The third-order valence-electron chi connectivity index (χ3n) is 3.11. The van der Waals surface area contributed by atoms with Crippen molar-refractivity contribution in [2.45, 2.75) is 19.1 Å². The van der Waals surface area contributed by atoms with Crippen LogP contribution in [0.4, 0.5) is 18.9 Å². The molecule has 0 aliphatic rings. The standard InChI is InChI=1S/C16H13F3N2/c1-11(21-13-6-4-5-12(9-13)10-20)14-7-2-3-8-15(14)16(17,18)19/h2-9,11,21H,1H3. The molecule has 0 radical (unpaired) electrons. The highest BCUT2D eigenvalue weighted by Crippen LogP contribution is 2.35. The SMILES string of the molecule is CC(Nc1cccc(C#N)c1)c1ccccc1C(F)(F)F. The van der Waals surface area contributed by atoms with E-state index < -0.39 is 17.8 Å². The highest BCUT2D eigenvalue weighted by Gasteiger charge is 2.34. The molecule has 0 aliphatic heterocycles. The summed E-state index contributed by atoms with van der Waals surface area (Å²) in [5.41, 5.74) is 0.587. The molecule has 1 atom stereocenters. The minimum atomic E-state index is -4.39. The molecule has 2 nitrogen and oxygen atoms in total. The number of nitrogens with zero attached hydrogens (tertiary/aromatic N) is 1. The van der Waals surface area contributed by atoms with Gasteiger partial charge in [0.15, 0.2) is 0 Å². The van der Waals surface area contributed by atoms with E-state index in [0.717, 1.165) is 6.07 Å². The first-order chi connectivity index (χ1) is 9.91. The molecular weight excluding hydrogens is 277 g/mol. The van der Waals surface area contributed by atoms with Crippen molar-refractivity contribution in [3.8, 4) is 6.07 Å². The molecule has 0 fully saturated rings. The first-order valence-corrected chi connectivity index (χ1v) is 6.34. The van der Waals surface area contributed by atoms with E-state index >= 15 is 0 Å². The number of hydrogen-bond acceptors (Lipinski definition) is 2. The van der Waals surface area contributed by atoms with Crippen LogP contribution >= 0.6 is 0 Å². The number of anilines is 1. The van der Waals surface area contributed by atoms with E-state index in [2.05, 4.69) is 5.32 Å². The van der Waals surface area contributed by atoms with Crippen LogP contribution in [0.5, 0.6) is 0 Å². The Morgan fingerprint density at radius 2 is 1.81 bits per heavy atom. The molecule has 0 spiro atoms. The molecule has 1 N–H and O–H groups in total. The summed E-state index contributed by atoms with van der Waals surface area (Å²) in [5, 5.41) is 11.8. The van der Waals surface area contributed by atoms with Crippen LogP contribution < -0.4 is 5.32 Å². The molecule has 108 valence electrons. The molecule has 0 bridgehead atoms. The normalized spacial score (nSPS) is 12.5. The highest BCUT2D eigenvalue weighted by atomic mass is 19.4. The smallest absolute Gasteiger partial charge is 0.378 e. The van der Waals surface area contributed by atoms with Gasteiger partial charge in [-0.1, -0.05) is 24.3 Å². The quantitative estimate of drug-likeness (QED) is 0.885. The molecule has 0 saturated heterocycles. The van der Waals surface area contributed by atoms with Crippen LogP contribution in [0.25, 0.3) is 0 Å². The molecule has 0 aliphatic carbocycles. The topological polar surface area (TPSA) is 35.8 Å². The third-order valence-corrected chi connectivity index (χ3v) is 3.11. The summed E-state index contributed by atoms with van der Waals surface area (Å²) in [6.45, 7) is 1.66. The molecule has 0 amide bonds. The van der Waals surface area contributed by atoms with Crippen LogP contribution in [0.2, 0.25) is 0 Å². The number of nitrogens with one attached hydrogen (secondary N) is 1. The average molecular weight is 290 g/mol. The molecule has 2 aromatic rings. The Bertz CT molecular complexity index is 672. The van der Waals surface area contributed by atoms with E-state index in [4.69, 9.17) is 5.26 Å². The van der Waals surface area contributed by atoms with Gasteiger partial charge in [0.05, 0.1) is 17.2 Å². The first kappa shape index (κ1) is 14.9. The summed E-state index contributed by atoms with van der Waals surface area (Å²) in [7, 11) is 0. The Hall–Kier alpha value is -2.48. The Labute approximate surface area is 120 Å². The summed E-state index contributed by atoms with van der Waals surface area (Å²) in [5.74, 6) is 0. The zero-order valence-corrected chi connectivity index (χ0v) is 11.3. The van der Waals surface area contributed by atoms with Crippen LogP contribution in [0, 0.1) is 11.3 Å². The minimum absolute atomic E-state index is 0.173. The first-order valence-electron chi connectivity index (χ1n) is 6.34. The predicted molar refractivity (Wildman–Crippen MR) is 74.6 cm³/mol. The lowest BCUT2D eigenvalue weighted by Gasteiger charge is -2.20. The van der Waals surface area contributed by atoms with E-state index in [9.17, 15) is 13.2 Å². The number of benzene rings is 2. The van der Waals surface area contributed by atoms with Gasteiger partial charge in [-0.25, -0.2) is 0 Å². The van der Waals surface area contributed by atoms with Gasteiger partial charge >= 0.3 is 6.18 Å². The molecule has 5 heteroatoms. The van der Waals surface area contributed by atoms with Crippen molar-refractivity contribution in [3.63, 3.8) is 0 Å². The molecule has 0 heterocycles.